The van der Waals surface area contributed by atoms with E-state index in [-0.39, 0.29) is 0 Å². The monoisotopic (exact) mass is 304 g/mol. The molecule has 0 N–H and O–H groups in total. The van der Waals surface area contributed by atoms with Crippen LogP contribution in [0.5, 0.6) is 0 Å². The zero-order valence-electron chi connectivity index (χ0n) is 9.59. The van der Waals surface area contributed by atoms with Crippen LogP contribution in [0.25, 0.3) is 11.1 Å². The second kappa shape index (κ2) is 5.43. The first-order valence-corrected chi connectivity index (χ1v) is 6.31. The molecule has 0 bridgehead atoms. The fourth-order valence-electron chi connectivity index (χ4n) is 1.73. The van der Waals surface area contributed by atoms with E-state index >= 15 is 0 Å². The van der Waals surface area contributed by atoms with Crippen LogP contribution < -0.4 is 0 Å². The molecule has 0 spiro atoms. The fourth-order valence-corrected chi connectivity index (χ4v) is 2.00. The molecule has 5 heteroatoms. The molecule has 2 rings (SSSR count). The number of benzene rings is 2. The Morgan fingerprint density at radius 3 is 2.00 bits per heavy atom. The third-order valence-corrected chi connectivity index (χ3v) is 3.17. The van der Waals surface area contributed by atoms with Crippen LogP contribution in [0.4, 0.5) is 13.2 Å². The van der Waals surface area contributed by atoms with E-state index in [2.05, 4.69) is 0 Å². The first-order valence-electron chi connectivity index (χ1n) is 5.43. The maximum Gasteiger partial charge on any atom is 0.416 e. The van der Waals surface area contributed by atoms with Gasteiger partial charge in [0.15, 0.2) is 0 Å². The Kier molecular flexibility index (Phi) is 4.07. The average molecular weight is 305 g/mol. The molecule has 0 amide bonds. The highest BCUT2D eigenvalue weighted by molar-refractivity contribution is 6.44. The van der Waals surface area contributed by atoms with E-state index in [9.17, 15) is 13.2 Å². The van der Waals surface area contributed by atoms with Crippen molar-refractivity contribution >= 4 is 23.2 Å². The first kappa shape index (κ1) is 14.2. The summed E-state index contributed by atoms with van der Waals surface area (Å²) in [5.74, 6) is 0. The molecule has 0 saturated heterocycles. The van der Waals surface area contributed by atoms with Crippen molar-refractivity contribution in [2.45, 2.75) is 11.0 Å². The van der Waals surface area contributed by atoms with Gasteiger partial charge in [-0.15, -0.1) is 23.2 Å². The van der Waals surface area contributed by atoms with Crippen molar-refractivity contribution in [1.82, 2.24) is 0 Å². The molecule has 2 aromatic carbocycles. The summed E-state index contributed by atoms with van der Waals surface area (Å²) in [5.41, 5.74) is 1.10. The Morgan fingerprint density at radius 1 is 0.842 bits per heavy atom. The largest absolute Gasteiger partial charge is 0.416 e. The van der Waals surface area contributed by atoms with E-state index in [4.69, 9.17) is 23.2 Å². The third kappa shape index (κ3) is 3.43. The topological polar surface area (TPSA) is 0 Å². The molecule has 0 aromatic heterocycles. The molecule has 0 fully saturated rings. The molecule has 0 aliphatic rings. The molecule has 0 saturated carbocycles. The lowest BCUT2D eigenvalue weighted by Crippen LogP contribution is -2.04. The van der Waals surface area contributed by atoms with Gasteiger partial charge in [0.2, 0.25) is 0 Å². The first-order chi connectivity index (χ1) is 8.88. The number of rotatable bonds is 2. The van der Waals surface area contributed by atoms with E-state index < -0.39 is 16.6 Å². The summed E-state index contributed by atoms with van der Waals surface area (Å²) in [7, 11) is 0. The standard InChI is InChI=1S/C14H9Cl2F3/c15-13(16)11-5-1-3-9(7-11)10-4-2-6-12(8-10)14(17,18)19/h1-8,13H. The molecule has 0 atom stereocenters. The van der Waals surface area contributed by atoms with Crippen LogP contribution in [0.3, 0.4) is 0 Å². The molecule has 0 unspecified atom stereocenters. The quantitative estimate of drug-likeness (QED) is 0.611. The van der Waals surface area contributed by atoms with Crippen LogP contribution in [0.1, 0.15) is 16.0 Å². The highest BCUT2D eigenvalue weighted by Crippen LogP contribution is 2.33. The van der Waals surface area contributed by atoms with E-state index in [1.165, 1.54) is 6.07 Å². The second-order valence-corrected chi connectivity index (χ2v) is 5.10. The highest BCUT2D eigenvalue weighted by Gasteiger charge is 2.30. The maximum absolute atomic E-state index is 12.6. The fraction of sp³-hybridized carbons (Fsp3) is 0.143. The number of alkyl halides is 5. The Labute approximate surface area is 118 Å². The van der Waals surface area contributed by atoms with Gasteiger partial charge in [0, 0.05) is 0 Å². The van der Waals surface area contributed by atoms with Crippen molar-refractivity contribution in [3.05, 3.63) is 59.7 Å². The Balaban J connectivity index is 2.45. The van der Waals surface area contributed by atoms with Gasteiger partial charge in [-0.2, -0.15) is 13.2 Å². The van der Waals surface area contributed by atoms with Gasteiger partial charge in [-0.25, -0.2) is 0 Å². The third-order valence-electron chi connectivity index (χ3n) is 2.66. The molecule has 0 heterocycles. The van der Waals surface area contributed by atoms with Crippen molar-refractivity contribution in [2.24, 2.45) is 0 Å². The van der Waals surface area contributed by atoms with Gasteiger partial charge in [0.1, 0.15) is 4.84 Å². The summed E-state index contributed by atoms with van der Waals surface area (Å²) in [6.07, 6.45) is -4.35. The molecule has 100 valence electrons. The predicted octanol–water partition coefficient (Wildman–Crippen LogP) is 5.85. The van der Waals surface area contributed by atoms with Crippen LogP contribution in [-0.4, -0.2) is 0 Å². The van der Waals surface area contributed by atoms with Crippen molar-refractivity contribution in [3.63, 3.8) is 0 Å². The summed E-state index contributed by atoms with van der Waals surface area (Å²) in [4.78, 5) is -0.703. The van der Waals surface area contributed by atoms with Crippen LogP contribution in [0.2, 0.25) is 0 Å². The van der Waals surface area contributed by atoms with Crippen molar-refractivity contribution in [2.75, 3.05) is 0 Å². The second-order valence-electron chi connectivity index (χ2n) is 4.00. The zero-order chi connectivity index (χ0) is 14.0. The van der Waals surface area contributed by atoms with Gasteiger partial charge in [-0.3, -0.25) is 0 Å². The molecule has 19 heavy (non-hydrogen) atoms. The lowest BCUT2D eigenvalue weighted by Gasteiger charge is -2.10. The summed E-state index contributed by atoms with van der Waals surface area (Å²) in [6, 6.07) is 12.0. The number of halogens is 5. The van der Waals surface area contributed by atoms with Crippen molar-refractivity contribution < 1.29 is 13.2 Å². The minimum Gasteiger partial charge on any atom is -0.166 e. The normalized spacial score (nSPS) is 11.9. The Morgan fingerprint density at radius 2 is 1.42 bits per heavy atom. The molecule has 0 radical (unpaired) electrons. The molecule has 0 aliphatic carbocycles. The molecule has 2 aromatic rings. The molecule has 0 nitrogen and oxygen atoms in total. The summed E-state index contributed by atoms with van der Waals surface area (Å²) in [5, 5.41) is 0. The Bertz CT molecular complexity index is 577. The SMILES string of the molecule is FC(F)(F)c1cccc(-c2cccc(C(Cl)Cl)c2)c1. The summed E-state index contributed by atoms with van der Waals surface area (Å²) >= 11 is 11.5. The lowest BCUT2D eigenvalue weighted by molar-refractivity contribution is -0.137. The maximum atomic E-state index is 12.6. The smallest absolute Gasteiger partial charge is 0.166 e. The molecule has 0 aliphatic heterocycles. The zero-order valence-corrected chi connectivity index (χ0v) is 11.1. The van der Waals surface area contributed by atoms with Gasteiger partial charge >= 0.3 is 6.18 Å². The van der Waals surface area contributed by atoms with Crippen LogP contribution in [0.15, 0.2) is 48.5 Å². The predicted molar refractivity (Wildman–Crippen MR) is 71.3 cm³/mol. The van der Waals surface area contributed by atoms with E-state index in [1.807, 2.05) is 0 Å². The minimum absolute atomic E-state index is 0.477. The van der Waals surface area contributed by atoms with Crippen LogP contribution in [-0.2, 0) is 6.18 Å². The van der Waals surface area contributed by atoms with Crippen LogP contribution >= 0.6 is 23.2 Å². The summed E-state index contributed by atoms with van der Waals surface area (Å²) < 4.78 is 37.9. The van der Waals surface area contributed by atoms with Gasteiger partial charge in [-0.1, -0.05) is 30.3 Å². The van der Waals surface area contributed by atoms with Crippen LogP contribution in [0, 0.1) is 0 Å². The molecular formula is C14H9Cl2F3. The molecular weight excluding hydrogens is 296 g/mol. The Hall–Kier alpha value is -1.19. The van der Waals surface area contributed by atoms with E-state index in [0.717, 1.165) is 12.1 Å². The van der Waals surface area contributed by atoms with Gasteiger partial charge in [0.25, 0.3) is 0 Å². The van der Waals surface area contributed by atoms with Gasteiger partial charge < -0.3 is 0 Å². The highest BCUT2D eigenvalue weighted by atomic mass is 35.5. The average Bonchev–Trinajstić information content (AvgIpc) is 2.38. The number of hydrogen-bond acceptors (Lipinski definition) is 0. The van der Waals surface area contributed by atoms with Gasteiger partial charge in [-0.05, 0) is 34.9 Å². The van der Waals surface area contributed by atoms with Crippen molar-refractivity contribution in [3.8, 4) is 11.1 Å². The van der Waals surface area contributed by atoms with Crippen molar-refractivity contribution in [1.29, 1.82) is 0 Å². The lowest BCUT2D eigenvalue weighted by atomic mass is 10.0. The van der Waals surface area contributed by atoms with Gasteiger partial charge in [0.05, 0.1) is 5.56 Å². The minimum atomic E-state index is -4.35. The van der Waals surface area contributed by atoms with E-state index in [1.54, 1.807) is 30.3 Å². The van der Waals surface area contributed by atoms with E-state index in [0.29, 0.717) is 16.7 Å². The number of hydrogen-bond donors (Lipinski definition) is 0. The summed E-state index contributed by atoms with van der Waals surface area (Å²) in [6.45, 7) is 0.